The highest BCUT2D eigenvalue weighted by atomic mass is 19.1. The zero-order chi connectivity index (χ0) is 23.8. The molecular weight excluding hydrogens is 442 g/mol. The molecule has 0 atom stereocenters. The van der Waals surface area contributed by atoms with E-state index in [1.807, 2.05) is 21.6 Å². The molecule has 9 heteroatoms. The van der Waals surface area contributed by atoms with E-state index in [-0.39, 0.29) is 19.0 Å². The van der Waals surface area contributed by atoms with Gasteiger partial charge in [-0.05, 0) is 36.6 Å². The predicted octanol–water partition coefficient (Wildman–Crippen LogP) is 2.96. The topological polar surface area (TPSA) is 78.7 Å². The van der Waals surface area contributed by atoms with Crippen LogP contribution in [-0.4, -0.2) is 62.5 Å². The van der Waals surface area contributed by atoms with Gasteiger partial charge >= 0.3 is 5.97 Å². The van der Waals surface area contributed by atoms with Crippen LogP contribution in [0.4, 0.5) is 8.78 Å². The number of carbonyl (C=O) groups is 2. The van der Waals surface area contributed by atoms with Gasteiger partial charge in [0.1, 0.15) is 17.3 Å². The fraction of sp³-hybridized carbons (Fsp3) is 0.320. The number of amides is 1. The van der Waals surface area contributed by atoms with Crippen LogP contribution in [0.15, 0.2) is 48.2 Å². The van der Waals surface area contributed by atoms with Crippen LogP contribution in [-0.2, 0) is 29.1 Å². The number of pyridine rings is 1. The number of carboxylic acid groups (broad SMARTS) is 1. The van der Waals surface area contributed by atoms with Gasteiger partial charge in [0.2, 0.25) is 5.91 Å². The van der Waals surface area contributed by atoms with E-state index >= 15 is 0 Å². The van der Waals surface area contributed by atoms with Crippen molar-refractivity contribution in [1.29, 1.82) is 0 Å². The standard InChI is InChI=1S/C25H24F2N4O3/c26-18-4-3-17(21(27)12-18)13-31-22-14-30(11-7-19(22)20-2-1-8-28-24(20)31)23(32)15-29-9-5-16(6-10-29)25(33)34/h1-5,8,12H,6-7,9-11,13-15H2,(H,33,34). The number of fused-ring (bicyclic) bond motifs is 3. The summed E-state index contributed by atoms with van der Waals surface area (Å²) in [5, 5.41) is 10.1. The fourth-order valence-electron chi connectivity index (χ4n) is 4.80. The van der Waals surface area contributed by atoms with Crippen LogP contribution in [0.3, 0.4) is 0 Å². The van der Waals surface area contributed by atoms with Crippen molar-refractivity contribution in [3.63, 3.8) is 0 Å². The molecule has 1 N–H and O–H groups in total. The van der Waals surface area contributed by atoms with E-state index in [4.69, 9.17) is 5.11 Å². The molecule has 3 aromatic rings. The number of carbonyl (C=O) groups excluding carboxylic acids is 1. The molecule has 0 unspecified atom stereocenters. The highest BCUT2D eigenvalue weighted by Crippen LogP contribution is 2.31. The first-order valence-electron chi connectivity index (χ1n) is 11.2. The Morgan fingerprint density at radius 2 is 1.97 bits per heavy atom. The van der Waals surface area contributed by atoms with Gasteiger partial charge in [-0.2, -0.15) is 0 Å². The second-order valence-electron chi connectivity index (χ2n) is 8.71. The normalized spacial score (nSPS) is 16.4. The zero-order valence-electron chi connectivity index (χ0n) is 18.5. The number of aromatic nitrogens is 2. The second kappa shape index (κ2) is 8.98. The third-order valence-corrected chi connectivity index (χ3v) is 6.64. The number of hydrogen-bond acceptors (Lipinski definition) is 4. The SMILES string of the molecule is O=C(O)C1=CCN(CC(=O)N2CCc3c(n(Cc4ccc(F)cc4F)c4ncccc34)C2)CC1. The van der Waals surface area contributed by atoms with Crippen LogP contribution >= 0.6 is 0 Å². The third-order valence-electron chi connectivity index (χ3n) is 6.64. The molecule has 0 bridgehead atoms. The monoisotopic (exact) mass is 466 g/mol. The lowest BCUT2D eigenvalue weighted by Crippen LogP contribution is -2.44. The quantitative estimate of drug-likeness (QED) is 0.626. The molecule has 0 radical (unpaired) electrons. The molecule has 0 aliphatic carbocycles. The molecule has 1 amide bonds. The van der Waals surface area contributed by atoms with E-state index in [0.717, 1.165) is 22.7 Å². The maximum Gasteiger partial charge on any atom is 0.331 e. The molecule has 1 aromatic carbocycles. The summed E-state index contributed by atoms with van der Waals surface area (Å²) in [5.74, 6) is -2.18. The first-order chi connectivity index (χ1) is 16.4. The molecule has 7 nitrogen and oxygen atoms in total. The first-order valence-corrected chi connectivity index (χ1v) is 11.2. The van der Waals surface area contributed by atoms with Crippen molar-refractivity contribution in [2.24, 2.45) is 0 Å². The number of halogens is 2. The van der Waals surface area contributed by atoms with Gasteiger partial charge in [0.15, 0.2) is 0 Å². The average Bonchev–Trinajstić information content (AvgIpc) is 3.14. The van der Waals surface area contributed by atoms with Gasteiger partial charge in [0, 0.05) is 54.1 Å². The summed E-state index contributed by atoms with van der Waals surface area (Å²) in [6, 6.07) is 7.39. The lowest BCUT2D eigenvalue weighted by molar-refractivity contribution is -0.133. The van der Waals surface area contributed by atoms with Crippen molar-refractivity contribution in [2.75, 3.05) is 26.2 Å². The molecule has 0 spiro atoms. The second-order valence-corrected chi connectivity index (χ2v) is 8.71. The van der Waals surface area contributed by atoms with Crippen LogP contribution < -0.4 is 0 Å². The maximum absolute atomic E-state index is 14.4. The number of carboxylic acids is 1. The minimum Gasteiger partial charge on any atom is -0.478 e. The van der Waals surface area contributed by atoms with E-state index in [9.17, 15) is 18.4 Å². The van der Waals surface area contributed by atoms with Crippen molar-refractivity contribution in [1.82, 2.24) is 19.4 Å². The summed E-state index contributed by atoms with van der Waals surface area (Å²) < 4.78 is 29.8. The minimum atomic E-state index is -0.909. The summed E-state index contributed by atoms with van der Waals surface area (Å²) >= 11 is 0. The van der Waals surface area contributed by atoms with Crippen LogP contribution in [0.1, 0.15) is 23.2 Å². The van der Waals surface area contributed by atoms with E-state index < -0.39 is 17.6 Å². The van der Waals surface area contributed by atoms with Gasteiger partial charge in [-0.3, -0.25) is 9.69 Å². The number of benzene rings is 1. The van der Waals surface area contributed by atoms with E-state index in [1.165, 1.54) is 12.1 Å². The largest absolute Gasteiger partial charge is 0.478 e. The van der Waals surface area contributed by atoms with Gasteiger partial charge in [-0.1, -0.05) is 12.1 Å². The molecule has 34 heavy (non-hydrogen) atoms. The van der Waals surface area contributed by atoms with E-state index in [2.05, 4.69) is 4.98 Å². The Bertz CT molecular complexity index is 1320. The van der Waals surface area contributed by atoms with E-state index in [1.54, 1.807) is 17.2 Å². The smallest absolute Gasteiger partial charge is 0.331 e. The molecule has 5 rings (SSSR count). The number of rotatable bonds is 5. The highest BCUT2D eigenvalue weighted by Gasteiger charge is 2.29. The Labute approximate surface area is 194 Å². The van der Waals surface area contributed by atoms with Gasteiger partial charge in [0.25, 0.3) is 0 Å². The molecule has 2 aliphatic rings. The van der Waals surface area contributed by atoms with Gasteiger partial charge < -0.3 is 14.6 Å². The van der Waals surface area contributed by atoms with Crippen LogP contribution in [0.25, 0.3) is 11.0 Å². The molecule has 0 saturated heterocycles. The minimum absolute atomic E-state index is 0.0319. The van der Waals surface area contributed by atoms with Crippen molar-refractivity contribution in [3.8, 4) is 0 Å². The van der Waals surface area contributed by atoms with Crippen molar-refractivity contribution >= 4 is 22.9 Å². The fourth-order valence-corrected chi connectivity index (χ4v) is 4.80. The molecule has 176 valence electrons. The summed E-state index contributed by atoms with van der Waals surface area (Å²) in [5.41, 5.74) is 3.46. The van der Waals surface area contributed by atoms with Crippen molar-refractivity contribution < 1.29 is 23.5 Å². The molecule has 2 aromatic heterocycles. The number of nitrogens with zero attached hydrogens (tertiary/aromatic N) is 4. The first kappa shape index (κ1) is 22.2. The zero-order valence-corrected chi connectivity index (χ0v) is 18.5. The summed E-state index contributed by atoms with van der Waals surface area (Å²) in [6.07, 6.45) is 4.42. The summed E-state index contributed by atoms with van der Waals surface area (Å²) in [4.78, 5) is 32.4. The van der Waals surface area contributed by atoms with Crippen molar-refractivity contribution in [2.45, 2.75) is 25.9 Å². The average molecular weight is 466 g/mol. The molecule has 0 fully saturated rings. The molecular formula is C25H24F2N4O3. The number of aliphatic carboxylic acids is 1. The Balaban J connectivity index is 1.39. The summed E-state index contributed by atoms with van der Waals surface area (Å²) in [7, 11) is 0. The molecule has 0 saturated carbocycles. The Hall–Kier alpha value is -3.59. The van der Waals surface area contributed by atoms with Gasteiger partial charge in [-0.15, -0.1) is 0 Å². The van der Waals surface area contributed by atoms with E-state index in [0.29, 0.717) is 55.8 Å². The lowest BCUT2D eigenvalue weighted by Gasteiger charge is -2.32. The lowest BCUT2D eigenvalue weighted by atomic mass is 10.0. The maximum atomic E-state index is 14.4. The molecule has 4 heterocycles. The Morgan fingerprint density at radius 3 is 2.71 bits per heavy atom. The predicted molar refractivity (Wildman–Crippen MR) is 121 cm³/mol. The highest BCUT2D eigenvalue weighted by molar-refractivity contribution is 5.87. The van der Waals surface area contributed by atoms with Crippen LogP contribution in [0, 0.1) is 11.6 Å². The van der Waals surface area contributed by atoms with Crippen molar-refractivity contribution in [3.05, 3.63) is 76.6 Å². The van der Waals surface area contributed by atoms with Gasteiger partial charge in [-0.25, -0.2) is 18.6 Å². The Morgan fingerprint density at radius 1 is 1.12 bits per heavy atom. The summed E-state index contributed by atoms with van der Waals surface area (Å²) in [6.45, 7) is 2.29. The Kier molecular flexibility index (Phi) is 5.87. The van der Waals surface area contributed by atoms with Crippen LogP contribution in [0.2, 0.25) is 0 Å². The molecule has 2 aliphatic heterocycles. The number of hydrogen-bond donors (Lipinski definition) is 1. The third kappa shape index (κ3) is 4.19. The van der Waals surface area contributed by atoms with Gasteiger partial charge in [0.05, 0.1) is 19.6 Å². The van der Waals surface area contributed by atoms with Crippen LogP contribution in [0.5, 0.6) is 0 Å².